The summed E-state index contributed by atoms with van der Waals surface area (Å²) in [6, 6.07) is -0.762. The maximum atomic E-state index is 11.4. The average Bonchev–Trinajstić information content (AvgIpc) is 2.65. The molecule has 5 atom stereocenters. The number of carboxylic acids is 1. The molecule has 0 spiro atoms. The molecule has 0 aliphatic heterocycles. The van der Waals surface area contributed by atoms with Gasteiger partial charge in [-0.05, 0) is 12.3 Å². The fourth-order valence-electron chi connectivity index (χ4n) is 3.39. The van der Waals surface area contributed by atoms with Crippen LogP contribution in [0.4, 0.5) is 0 Å². The number of hydrogen-bond donors (Lipinski definition) is 3. The van der Waals surface area contributed by atoms with E-state index in [0.717, 1.165) is 12.8 Å². The smallest absolute Gasteiger partial charge is 0.550 e. The minimum Gasteiger partial charge on any atom is -0.550 e. The van der Waals surface area contributed by atoms with E-state index in [2.05, 4.69) is 5.32 Å². The zero-order chi connectivity index (χ0) is 15.4. The van der Waals surface area contributed by atoms with Crippen LogP contribution in [0.3, 0.4) is 0 Å². The van der Waals surface area contributed by atoms with Crippen LogP contribution in [-0.4, -0.2) is 35.2 Å². The molecule has 0 aromatic heterocycles. The molecule has 0 saturated heterocycles. The molecule has 1 amide bonds. The Morgan fingerprint density at radius 1 is 1.38 bits per heavy atom. The first kappa shape index (κ1) is 20.9. The normalized spacial score (nSPS) is 29.8. The van der Waals surface area contributed by atoms with Crippen molar-refractivity contribution in [2.45, 2.75) is 58.2 Å². The second-order valence-electron chi connectivity index (χ2n) is 5.70. The van der Waals surface area contributed by atoms with Crippen molar-refractivity contribution >= 4 is 11.9 Å². The van der Waals surface area contributed by atoms with Gasteiger partial charge in [-0.2, -0.15) is 0 Å². The van der Waals surface area contributed by atoms with Gasteiger partial charge in [-0.25, -0.2) is 0 Å². The molecule has 0 heterocycles. The molecule has 0 unspecified atom stereocenters. The van der Waals surface area contributed by atoms with E-state index in [1.165, 1.54) is 6.92 Å². The van der Waals surface area contributed by atoms with Gasteiger partial charge in [0.2, 0.25) is 5.91 Å². The second-order valence-corrected chi connectivity index (χ2v) is 5.70. The summed E-state index contributed by atoms with van der Waals surface area (Å²) in [5.74, 6) is -2.72. The molecule has 0 aromatic carbocycles. The third kappa shape index (κ3) is 4.93. The number of rotatable bonds is 6. The summed E-state index contributed by atoms with van der Waals surface area (Å²) >= 11 is 0. The third-order valence-electron chi connectivity index (χ3n) is 4.47. The summed E-state index contributed by atoms with van der Waals surface area (Å²) in [5, 5.41) is 24.2. The van der Waals surface area contributed by atoms with E-state index in [-0.39, 0.29) is 53.8 Å². The molecule has 116 valence electrons. The van der Waals surface area contributed by atoms with E-state index in [9.17, 15) is 19.8 Å². The zero-order valence-electron chi connectivity index (χ0n) is 13.3. The predicted octanol–water partition coefficient (Wildman–Crippen LogP) is -3.99. The van der Waals surface area contributed by atoms with Gasteiger partial charge < -0.3 is 26.1 Å². The van der Waals surface area contributed by atoms with E-state index >= 15 is 0 Å². The summed E-state index contributed by atoms with van der Waals surface area (Å²) in [7, 11) is 0. The van der Waals surface area contributed by atoms with Crippen LogP contribution in [0, 0.1) is 17.8 Å². The first-order valence-electron chi connectivity index (χ1n) is 7.25. The van der Waals surface area contributed by atoms with Gasteiger partial charge in [0.05, 0.1) is 6.10 Å². The van der Waals surface area contributed by atoms with E-state index in [1.807, 2.05) is 13.8 Å². The molecule has 0 aromatic rings. The summed E-state index contributed by atoms with van der Waals surface area (Å²) < 4.78 is 0. The van der Waals surface area contributed by atoms with Crippen LogP contribution in [0.5, 0.6) is 0 Å². The van der Waals surface area contributed by atoms with Crippen LogP contribution < -0.4 is 45.7 Å². The van der Waals surface area contributed by atoms with Gasteiger partial charge in [-0.1, -0.05) is 26.7 Å². The predicted molar refractivity (Wildman–Crippen MR) is 72.3 cm³/mol. The molecule has 0 radical (unpaired) electrons. The zero-order valence-corrected chi connectivity index (χ0v) is 15.3. The largest absolute Gasteiger partial charge is 1.00 e. The van der Waals surface area contributed by atoms with Crippen molar-refractivity contribution in [3.63, 3.8) is 0 Å². The molecule has 0 bridgehead atoms. The van der Waals surface area contributed by atoms with Crippen molar-refractivity contribution in [2.24, 2.45) is 23.5 Å². The van der Waals surface area contributed by atoms with E-state index in [4.69, 9.17) is 5.73 Å². The second kappa shape index (κ2) is 9.10. The summed E-state index contributed by atoms with van der Waals surface area (Å²) in [4.78, 5) is 22.5. The number of hydrogen-bond acceptors (Lipinski definition) is 5. The number of nitrogens with one attached hydrogen (secondary N) is 1. The Kier molecular flexibility index (Phi) is 9.04. The van der Waals surface area contributed by atoms with Gasteiger partial charge in [0.25, 0.3) is 0 Å². The topological polar surface area (TPSA) is 115 Å². The number of carbonyl (C=O) groups is 2. The Bertz CT molecular complexity index is 363. The maximum absolute atomic E-state index is 11.4. The monoisotopic (exact) mass is 308 g/mol. The van der Waals surface area contributed by atoms with Crippen molar-refractivity contribution in [1.29, 1.82) is 0 Å². The van der Waals surface area contributed by atoms with Gasteiger partial charge in [0, 0.05) is 36.8 Å². The molecule has 7 heteroatoms. The van der Waals surface area contributed by atoms with Crippen LogP contribution in [0.25, 0.3) is 0 Å². The molecular formula is C14H25N2NaO4. The fourth-order valence-corrected chi connectivity index (χ4v) is 3.39. The maximum Gasteiger partial charge on any atom is 1.00 e. The third-order valence-corrected chi connectivity index (χ3v) is 4.47. The number of aliphatic hydroxyl groups excluding tert-OH is 1. The minimum absolute atomic E-state index is 0. The number of aliphatic hydroxyl groups is 1. The Morgan fingerprint density at radius 3 is 2.24 bits per heavy atom. The quantitative estimate of drug-likeness (QED) is 0.433. The van der Waals surface area contributed by atoms with Gasteiger partial charge in [0.15, 0.2) is 0 Å². The van der Waals surface area contributed by atoms with E-state index in [1.54, 1.807) is 0 Å². The first-order chi connectivity index (χ1) is 9.33. The van der Waals surface area contributed by atoms with Gasteiger partial charge in [-0.3, -0.25) is 4.79 Å². The van der Waals surface area contributed by atoms with Crippen molar-refractivity contribution in [3.8, 4) is 0 Å². The van der Waals surface area contributed by atoms with Crippen LogP contribution >= 0.6 is 0 Å². The Morgan fingerprint density at radius 2 is 1.90 bits per heavy atom. The number of amides is 1. The van der Waals surface area contributed by atoms with Crippen molar-refractivity contribution < 1.29 is 49.4 Å². The summed E-state index contributed by atoms with van der Waals surface area (Å²) in [6.07, 6.45) is 0.762. The molecule has 1 aliphatic rings. The van der Waals surface area contributed by atoms with Crippen LogP contribution in [0.1, 0.15) is 40.0 Å². The number of aliphatic carboxylic acids is 1. The fraction of sp³-hybridized carbons (Fsp3) is 0.857. The van der Waals surface area contributed by atoms with Crippen molar-refractivity contribution in [2.75, 3.05) is 0 Å². The molecule has 1 rings (SSSR count). The average molecular weight is 308 g/mol. The van der Waals surface area contributed by atoms with E-state index in [0.29, 0.717) is 0 Å². The Labute approximate surface area is 148 Å². The minimum atomic E-state index is -1.28. The van der Waals surface area contributed by atoms with Crippen LogP contribution in [-0.2, 0) is 9.59 Å². The van der Waals surface area contributed by atoms with Crippen molar-refractivity contribution in [3.05, 3.63) is 0 Å². The number of nitrogens with two attached hydrogens (primary N) is 1. The standard InChI is InChI=1S/C14H26N2O4.Na/c1-4-8(5-2)12(16-7(3)17)11-10(15)6-9(13(11)18)14(19)20;/h8-13,18H,4-6,15H2,1-3H3,(H,16,17)(H,19,20);/q;+1/p-1/t9-,10+,11+,12+,13+;/m0./s1. The summed E-state index contributed by atoms with van der Waals surface area (Å²) in [5.41, 5.74) is 6.02. The van der Waals surface area contributed by atoms with Crippen LogP contribution in [0.15, 0.2) is 0 Å². The Hall–Kier alpha value is -0.140. The Balaban J connectivity index is 0.00000400. The van der Waals surface area contributed by atoms with Crippen molar-refractivity contribution in [1.82, 2.24) is 5.32 Å². The SMILES string of the molecule is CCC(CC)[C@@H](NC(C)=O)[C@@H]1[C@H](O)[C@@H](C(=O)[O-])C[C@H]1N.[Na+]. The van der Waals surface area contributed by atoms with Gasteiger partial charge >= 0.3 is 29.6 Å². The molecular weight excluding hydrogens is 283 g/mol. The van der Waals surface area contributed by atoms with Gasteiger partial charge in [-0.15, -0.1) is 0 Å². The molecule has 6 nitrogen and oxygen atoms in total. The van der Waals surface area contributed by atoms with Gasteiger partial charge in [0.1, 0.15) is 0 Å². The number of carbonyl (C=O) groups excluding carboxylic acids is 2. The van der Waals surface area contributed by atoms with E-state index < -0.39 is 30.0 Å². The molecule has 1 aliphatic carbocycles. The molecule has 4 N–H and O–H groups in total. The number of carboxylic acid groups (broad SMARTS) is 1. The molecule has 21 heavy (non-hydrogen) atoms. The first-order valence-corrected chi connectivity index (χ1v) is 7.25. The molecule has 1 saturated carbocycles. The molecule has 1 fully saturated rings. The van der Waals surface area contributed by atoms with Crippen LogP contribution in [0.2, 0.25) is 0 Å². The summed E-state index contributed by atoms with van der Waals surface area (Å²) in [6.45, 7) is 5.43.